The summed E-state index contributed by atoms with van der Waals surface area (Å²) in [5, 5.41) is 9.13. The van der Waals surface area contributed by atoms with E-state index in [1.54, 1.807) is 0 Å². The zero-order valence-electron chi connectivity index (χ0n) is 11.8. The molecule has 1 nitrogen and oxygen atoms in total. The topological polar surface area (TPSA) is 23.8 Å². The summed E-state index contributed by atoms with van der Waals surface area (Å²) in [7, 11) is 0. The van der Waals surface area contributed by atoms with Crippen molar-refractivity contribution in [2.45, 2.75) is 32.6 Å². The van der Waals surface area contributed by atoms with Crippen molar-refractivity contribution in [3.63, 3.8) is 0 Å². The van der Waals surface area contributed by atoms with Gasteiger partial charge in [-0.1, -0.05) is 63.2 Å². The quantitative estimate of drug-likeness (QED) is 0.771. The molecule has 0 fully saturated rings. The van der Waals surface area contributed by atoms with Crippen molar-refractivity contribution in [3.05, 3.63) is 70.8 Å². The minimum absolute atomic E-state index is 0.157. The molecule has 2 aromatic rings. The van der Waals surface area contributed by atoms with Crippen molar-refractivity contribution in [3.8, 4) is 6.07 Å². The first kappa shape index (κ1) is 13.4. The van der Waals surface area contributed by atoms with E-state index in [4.69, 9.17) is 5.26 Å². The van der Waals surface area contributed by atoms with Crippen molar-refractivity contribution < 1.29 is 0 Å². The van der Waals surface area contributed by atoms with Crippen molar-refractivity contribution in [1.29, 1.82) is 5.26 Å². The van der Waals surface area contributed by atoms with Gasteiger partial charge in [0.2, 0.25) is 0 Å². The third-order valence-corrected chi connectivity index (χ3v) is 3.33. The summed E-state index contributed by atoms with van der Waals surface area (Å²) in [6, 6.07) is 18.7. The lowest BCUT2D eigenvalue weighted by Crippen LogP contribution is -2.11. The maximum atomic E-state index is 9.13. The van der Waals surface area contributed by atoms with E-state index in [0.717, 1.165) is 17.5 Å². The van der Waals surface area contributed by atoms with Crippen LogP contribution in [0, 0.1) is 11.3 Å². The third kappa shape index (κ3) is 3.23. The van der Waals surface area contributed by atoms with Crippen LogP contribution >= 0.6 is 0 Å². The second-order valence-corrected chi connectivity index (χ2v) is 5.90. The molecule has 0 saturated heterocycles. The summed E-state index contributed by atoms with van der Waals surface area (Å²) in [5.41, 5.74) is 4.61. The standard InChI is InChI=1S/C18H19N/c1-18(2,3)17-10-6-7-14(12-17)11-15-8-4-5-9-16(15)13-19/h4-10,12H,11H2,1-3H3. The second kappa shape index (κ2) is 5.28. The molecule has 2 rings (SSSR count). The van der Waals surface area contributed by atoms with Gasteiger partial charge in [0, 0.05) is 0 Å². The van der Waals surface area contributed by atoms with Gasteiger partial charge in [0.25, 0.3) is 0 Å². The zero-order chi connectivity index (χ0) is 13.9. The molecule has 0 aliphatic rings. The van der Waals surface area contributed by atoms with E-state index in [-0.39, 0.29) is 5.41 Å². The van der Waals surface area contributed by atoms with Crippen LogP contribution in [0.4, 0.5) is 0 Å². The number of hydrogen-bond donors (Lipinski definition) is 0. The fourth-order valence-electron chi connectivity index (χ4n) is 2.15. The number of rotatable bonds is 2. The molecule has 0 radical (unpaired) electrons. The van der Waals surface area contributed by atoms with Gasteiger partial charge in [0.15, 0.2) is 0 Å². The molecule has 0 spiro atoms. The summed E-state index contributed by atoms with van der Waals surface area (Å²) < 4.78 is 0. The van der Waals surface area contributed by atoms with Crippen molar-refractivity contribution in [2.75, 3.05) is 0 Å². The molecule has 0 amide bonds. The first-order valence-corrected chi connectivity index (χ1v) is 6.58. The maximum absolute atomic E-state index is 9.13. The van der Waals surface area contributed by atoms with Crippen molar-refractivity contribution >= 4 is 0 Å². The Bertz CT molecular complexity index is 612. The molecule has 0 aliphatic heterocycles. The van der Waals surface area contributed by atoms with E-state index >= 15 is 0 Å². The second-order valence-electron chi connectivity index (χ2n) is 5.90. The average Bonchev–Trinajstić information content (AvgIpc) is 2.39. The molecule has 0 N–H and O–H groups in total. The summed E-state index contributed by atoms with van der Waals surface area (Å²) in [6.07, 6.45) is 0.813. The Hall–Kier alpha value is -2.07. The highest BCUT2D eigenvalue weighted by atomic mass is 14.2. The van der Waals surface area contributed by atoms with Gasteiger partial charge in [-0.25, -0.2) is 0 Å². The molecule has 19 heavy (non-hydrogen) atoms. The van der Waals surface area contributed by atoms with Crippen LogP contribution in [0.1, 0.15) is 43.0 Å². The van der Waals surface area contributed by atoms with Crippen LogP contribution in [0.5, 0.6) is 0 Å². The van der Waals surface area contributed by atoms with Gasteiger partial charge in [-0.3, -0.25) is 0 Å². The predicted octanol–water partition coefficient (Wildman–Crippen LogP) is 4.45. The molecule has 0 saturated carbocycles. The van der Waals surface area contributed by atoms with Crippen LogP contribution in [0.3, 0.4) is 0 Å². The fraction of sp³-hybridized carbons (Fsp3) is 0.278. The van der Waals surface area contributed by atoms with Gasteiger partial charge in [0.1, 0.15) is 0 Å². The Labute approximate surface area is 115 Å². The molecular weight excluding hydrogens is 230 g/mol. The molecule has 0 unspecified atom stereocenters. The van der Waals surface area contributed by atoms with E-state index in [1.807, 2.05) is 24.3 Å². The Morgan fingerprint density at radius 2 is 1.74 bits per heavy atom. The molecule has 2 aromatic carbocycles. The van der Waals surface area contributed by atoms with Crippen LogP contribution in [-0.4, -0.2) is 0 Å². The Morgan fingerprint density at radius 3 is 2.42 bits per heavy atom. The summed E-state index contributed by atoms with van der Waals surface area (Å²) in [6.45, 7) is 6.65. The van der Waals surface area contributed by atoms with Crippen molar-refractivity contribution in [2.24, 2.45) is 0 Å². The van der Waals surface area contributed by atoms with E-state index in [0.29, 0.717) is 0 Å². The van der Waals surface area contributed by atoms with Crippen LogP contribution < -0.4 is 0 Å². The fourth-order valence-corrected chi connectivity index (χ4v) is 2.15. The summed E-state index contributed by atoms with van der Waals surface area (Å²) in [4.78, 5) is 0. The van der Waals surface area contributed by atoms with Gasteiger partial charge in [-0.15, -0.1) is 0 Å². The first-order chi connectivity index (χ1) is 9.00. The molecule has 1 heteroatoms. The SMILES string of the molecule is CC(C)(C)c1cccc(Cc2ccccc2C#N)c1. The largest absolute Gasteiger partial charge is 0.192 e. The lowest BCUT2D eigenvalue weighted by molar-refractivity contribution is 0.589. The molecule has 0 bridgehead atoms. The minimum atomic E-state index is 0.157. The molecule has 96 valence electrons. The highest BCUT2D eigenvalue weighted by Crippen LogP contribution is 2.24. The average molecular weight is 249 g/mol. The number of nitrogens with zero attached hydrogens (tertiary/aromatic N) is 1. The Morgan fingerprint density at radius 1 is 1.00 bits per heavy atom. The molecule has 0 heterocycles. The van der Waals surface area contributed by atoms with Gasteiger partial charge in [-0.05, 0) is 34.6 Å². The van der Waals surface area contributed by atoms with Crippen LogP contribution in [0.15, 0.2) is 48.5 Å². The molecule has 0 atom stereocenters. The van der Waals surface area contributed by atoms with Gasteiger partial charge in [-0.2, -0.15) is 5.26 Å². The van der Waals surface area contributed by atoms with Crippen LogP contribution in [0.25, 0.3) is 0 Å². The van der Waals surface area contributed by atoms with Gasteiger partial charge < -0.3 is 0 Å². The van der Waals surface area contributed by atoms with Gasteiger partial charge >= 0.3 is 0 Å². The van der Waals surface area contributed by atoms with Crippen molar-refractivity contribution in [1.82, 2.24) is 0 Å². The summed E-state index contributed by atoms with van der Waals surface area (Å²) >= 11 is 0. The molecule has 0 aliphatic carbocycles. The van der Waals surface area contributed by atoms with Crippen LogP contribution in [-0.2, 0) is 11.8 Å². The number of hydrogen-bond acceptors (Lipinski definition) is 1. The third-order valence-electron chi connectivity index (χ3n) is 3.33. The zero-order valence-corrected chi connectivity index (χ0v) is 11.8. The molecule has 0 aromatic heterocycles. The smallest absolute Gasteiger partial charge is 0.0994 e. The lowest BCUT2D eigenvalue weighted by atomic mass is 9.85. The highest BCUT2D eigenvalue weighted by molar-refractivity contribution is 5.41. The molecular formula is C18H19N. The first-order valence-electron chi connectivity index (χ1n) is 6.58. The van der Waals surface area contributed by atoms with E-state index < -0.39 is 0 Å². The highest BCUT2D eigenvalue weighted by Gasteiger charge is 2.13. The predicted molar refractivity (Wildman–Crippen MR) is 79.1 cm³/mol. The van der Waals surface area contributed by atoms with E-state index in [2.05, 4.69) is 51.1 Å². The van der Waals surface area contributed by atoms with E-state index in [1.165, 1.54) is 11.1 Å². The monoisotopic (exact) mass is 249 g/mol. The normalized spacial score (nSPS) is 11.1. The lowest BCUT2D eigenvalue weighted by Gasteiger charge is -2.19. The minimum Gasteiger partial charge on any atom is -0.192 e. The van der Waals surface area contributed by atoms with E-state index in [9.17, 15) is 0 Å². The Balaban J connectivity index is 2.32. The number of nitriles is 1. The maximum Gasteiger partial charge on any atom is 0.0994 e. The number of benzene rings is 2. The van der Waals surface area contributed by atoms with Crippen LogP contribution in [0.2, 0.25) is 0 Å². The Kier molecular flexibility index (Phi) is 3.71. The summed E-state index contributed by atoms with van der Waals surface area (Å²) in [5.74, 6) is 0. The van der Waals surface area contributed by atoms with Gasteiger partial charge in [0.05, 0.1) is 11.6 Å².